The summed E-state index contributed by atoms with van der Waals surface area (Å²) in [5, 5.41) is 2.43. The number of aromatic nitrogens is 2. The lowest BCUT2D eigenvalue weighted by Crippen LogP contribution is -2.23. The number of amides is 2. The molecule has 1 aliphatic rings. The maximum Gasteiger partial charge on any atom is 0.290 e. The molecule has 0 atom stereocenters. The number of rotatable bonds is 5. The minimum atomic E-state index is -0.384. The van der Waals surface area contributed by atoms with Gasteiger partial charge in [-0.25, -0.2) is 4.98 Å². The number of thioether (sulfide) groups is 1. The second kappa shape index (κ2) is 7.69. The minimum Gasteiger partial charge on any atom is -0.492 e. The minimum absolute atomic E-state index is 0.0990. The number of carbonyl (C=O) groups excluding carboxylic acids is 2. The molecule has 0 unspecified atom stereocenters. The summed E-state index contributed by atoms with van der Waals surface area (Å²) >= 11 is 0.878. The molecule has 7 nitrogen and oxygen atoms in total. The highest BCUT2D eigenvalue weighted by Gasteiger charge is 2.24. The monoisotopic (exact) mass is 393 g/mol. The van der Waals surface area contributed by atoms with Gasteiger partial charge in [0, 0.05) is 0 Å². The Bertz CT molecular complexity index is 1150. The first kappa shape index (κ1) is 18.0. The average molecular weight is 393 g/mol. The Labute approximate surface area is 164 Å². The Morgan fingerprint density at radius 3 is 2.61 bits per heavy atom. The molecule has 0 spiro atoms. The van der Waals surface area contributed by atoms with E-state index in [9.17, 15) is 14.4 Å². The molecule has 1 aliphatic heterocycles. The molecule has 2 amide bonds. The lowest BCUT2D eigenvalue weighted by atomic mass is 10.2. The summed E-state index contributed by atoms with van der Waals surface area (Å²) in [5.41, 5.74) is 1.36. The van der Waals surface area contributed by atoms with Gasteiger partial charge in [0.05, 0.1) is 28.7 Å². The van der Waals surface area contributed by atoms with Gasteiger partial charge in [0.1, 0.15) is 12.4 Å². The van der Waals surface area contributed by atoms with Gasteiger partial charge in [-0.2, -0.15) is 0 Å². The van der Waals surface area contributed by atoms with Crippen molar-refractivity contribution in [2.24, 2.45) is 0 Å². The van der Waals surface area contributed by atoms with Crippen molar-refractivity contribution in [3.05, 3.63) is 75.7 Å². The fourth-order valence-corrected chi connectivity index (χ4v) is 3.44. The number of fused-ring (bicyclic) bond motifs is 1. The molecule has 1 N–H and O–H groups in total. The zero-order valence-corrected chi connectivity index (χ0v) is 15.4. The van der Waals surface area contributed by atoms with Crippen LogP contribution in [0.2, 0.25) is 0 Å². The van der Waals surface area contributed by atoms with Crippen LogP contribution < -0.4 is 15.6 Å². The van der Waals surface area contributed by atoms with Crippen molar-refractivity contribution in [1.29, 1.82) is 0 Å². The molecule has 4 rings (SSSR count). The molecule has 2 aromatic carbocycles. The summed E-state index contributed by atoms with van der Waals surface area (Å²) in [6.45, 7) is 0.689. The summed E-state index contributed by atoms with van der Waals surface area (Å²) in [6, 6.07) is 14.3. The lowest BCUT2D eigenvalue weighted by Gasteiger charge is -2.09. The first-order chi connectivity index (χ1) is 13.6. The largest absolute Gasteiger partial charge is 0.492 e. The van der Waals surface area contributed by atoms with Crippen molar-refractivity contribution >= 4 is 39.9 Å². The molecule has 3 aromatic rings. The number of imide groups is 1. The van der Waals surface area contributed by atoms with Gasteiger partial charge in [-0.05, 0) is 47.7 Å². The van der Waals surface area contributed by atoms with E-state index in [1.807, 2.05) is 12.1 Å². The second-order valence-corrected chi connectivity index (χ2v) is 7.04. The van der Waals surface area contributed by atoms with Crippen molar-refractivity contribution in [2.45, 2.75) is 6.54 Å². The predicted molar refractivity (Wildman–Crippen MR) is 107 cm³/mol. The molecular weight excluding hydrogens is 378 g/mol. The summed E-state index contributed by atoms with van der Waals surface area (Å²) in [7, 11) is 0. The number of para-hydroxylation sites is 1. The van der Waals surface area contributed by atoms with E-state index >= 15 is 0 Å². The predicted octanol–water partition coefficient (Wildman–Crippen LogP) is 2.80. The molecular formula is C20H15N3O4S. The fourth-order valence-electron chi connectivity index (χ4n) is 2.76. The molecule has 0 saturated carbocycles. The molecule has 1 aromatic heterocycles. The number of benzene rings is 2. The normalized spacial score (nSPS) is 15.2. The molecule has 28 heavy (non-hydrogen) atoms. The smallest absolute Gasteiger partial charge is 0.290 e. The lowest BCUT2D eigenvalue weighted by molar-refractivity contribution is -0.115. The van der Waals surface area contributed by atoms with E-state index in [1.165, 1.54) is 10.9 Å². The van der Waals surface area contributed by atoms with Gasteiger partial charge in [0.2, 0.25) is 0 Å². The third kappa shape index (κ3) is 3.81. The molecule has 2 heterocycles. The van der Waals surface area contributed by atoms with Gasteiger partial charge >= 0.3 is 0 Å². The van der Waals surface area contributed by atoms with Crippen LogP contribution >= 0.6 is 11.8 Å². The van der Waals surface area contributed by atoms with Crippen molar-refractivity contribution < 1.29 is 14.3 Å². The van der Waals surface area contributed by atoms with E-state index in [0.29, 0.717) is 34.7 Å². The summed E-state index contributed by atoms with van der Waals surface area (Å²) in [4.78, 5) is 39.8. The highest BCUT2D eigenvalue weighted by Crippen LogP contribution is 2.26. The standard InChI is InChI=1S/C20H15N3O4S/c24-18-17(28-20(26)22-18)11-13-5-7-14(8-6-13)27-10-9-23-12-21-16-4-2-1-3-15(16)19(23)25/h1-8,11-12H,9-10H2,(H,22,24,26)/b17-11-. The van der Waals surface area contributed by atoms with Crippen molar-refractivity contribution in [2.75, 3.05) is 6.61 Å². The van der Waals surface area contributed by atoms with Gasteiger partial charge in [-0.3, -0.25) is 24.3 Å². The van der Waals surface area contributed by atoms with Crippen LogP contribution in [0.3, 0.4) is 0 Å². The number of carbonyl (C=O) groups is 2. The van der Waals surface area contributed by atoms with Crippen LogP contribution in [-0.2, 0) is 11.3 Å². The van der Waals surface area contributed by atoms with E-state index in [0.717, 1.165) is 17.3 Å². The molecule has 8 heteroatoms. The van der Waals surface area contributed by atoms with Crippen LogP contribution in [0.5, 0.6) is 5.75 Å². The van der Waals surface area contributed by atoms with Crippen molar-refractivity contribution in [3.63, 3.8) is 0 Å². The third-order valence-corrected chi connectivity index (χ3v) is 4.96. The van der Waals surface area contributed by atoms with Gasteiger partial charge in [-0.15, -0.1) is 0 Å². The quantitative estimate of drug-likeness (QED) is 0.671. The molecule has 1 saturated heterocycles. The van der Waals surface area contributed by atoms with Crippen LogP contribution in [0.25, 0.3) is 17.0 Å². The molecule has 0 bridgehead atoms. The van der Waals surface area contributed by atoms with Crippen LogP contribution in [0.15, 0.2) is 64.6 Å². The number of ether oxygens (including phenoxy) is 1. The Morgan fingerprint density at radius 2 is 1.86 bits per heavy atom. The number of nitrogens with zero attached hydrogens (tertiary/aromatic N) is 2. The first-order valence-electron chi connectivity index (χ1n) is 8.52. The molecule has 1 fully saturated rings. The maximum atomic E-state index is 12.4. The van der Waals surface area contributed by atoms with Gasteiger partial charge in [-0.1, -0.05) is 24.3 Å². The SMILES string of the molecule is O=C1NC(=O)/C(=C/c2ccc(OCCn3cnc4ccccc4c3=O)cc2)S1. The van der Waals surface area contributed by atoms with Gasteiger partial charge in [0.15, 0.2) is 0 Å². The van der Waals surface area contributed by atoms with Crippen LogP contribution in [-0.4, -0.2) is 27.3 Å². The third-order valence-electron chi connectivity index (χ3n) is 4.15. The van der Waals surface area contributed by atoms with Crippen LogP contribution in [0.4, 0.5) is 4.79 Å². The van der Waals surface area contributed by atoms with Crippen molar-refractivity contribution in [3.8, 4) is 5.75 Å². The zero-order chi connectivity index (χ0) is 19.5. The molecule has 140 valence electrons. The highest BCUT2D eigenvalue weighted by molar-refractivity contribution is 8.18. The molecule has 0 radical (unpaired) electrons. The summed E-state index contributed by atoms with van der Waals surface area (Å²) in [6.07, 6.45) is 3.17. The number of nitrogens with one attached hydrogen (secondary N) is 1. The topological polar surface area (TPSA) is 90.3 Å². The van der Waals surface area contributed by atoms with Crippen LogP contribution in [0, 0.1) is 0 Å². The molecule has 0 aliphatic carbocycles. The van der Waals surface area contributed by atoms with E-state index in [2.05, 4.69) is 10.3 Å². The Kier molecular flexibility index (Phi) is 4.94. The summed E-state index contributed by atoms with van der Waals surface area (Å²) in [5.74, 6) is 0.258. The average Bonchev–Trinajstić information content (AvgIpc) is 3.02. The second-order valence-electron chi connectivity index (χ2n) is 6.03. The van der Waals surface area contributed by atoms with Crippen molar-refractivity contribution in [1.82, 2.24) is 14.9 Å². The number of hydrogen-bond donors (Lipinski definition) is 1. The zero-order valence-electron chi connectivity index (χ0n) is 14.6. The van der Waals surface area contributed by atoms with E-state index in [-0.39, 0.29) is 16.7 Å². The van der Waals surface area contributed by atoms with E-state index in [4.69, 9.17) is 4.74 Å². The van der Waals surface area contributed by atoms with Gasteiger partial charge in [0.25, 0.3) is 16.7 Å². The summed E-state index contributed by atoms with van der Waals surface area (Å²) < 4.78 is 7.22. The Hall–Kier alpha value is -3.39. The maximum absolute atomic E-state index is 12.4. The van der Waals surface area contributed by atoms with Gasteiger partial charge < -0.3 is 4.74 Å². The Morgan fingerprint density at radius 1 is 1.07 bits per heavy atom. The van der Waals surface area contributed by atoms with E-state index in [1.54, 1.807) is 42.5 Å². The highest BCUT2D eigenvalue weighted by atomic mass is 32.2. The fraction of sp³-hybridized carbons (Fsp3) is 0.100. The first-order valence-corrected chi connectivity index (χ1v) is 9.34. The Balaban J connectivity index is 1.39. The number of hydrogen-bond acceptors (Lipinski definition) is 6. The van der Waals surface area contributed by atoms with E-state index < -0.39 is 0 Å². The van der Waals surface area contributed by atoms with Crippen LogP contribution in [0.1, 0.15) is 5.56 Å².